The van der Waals surface area contributed by atoms with E-state index in [1.165, 1.54) is 11.8 Å². The highest BCUT2D eigenvalue weighted by molar-refractivity contribution is 7.99. The van der Waals surface area contributed by atoms with Gasteiger partial charge in [0, 0.05) is 5.56 Å². The van der Waals surface area contributed by atoms with E-state index >= 15 is 0 Å². The summed E-state index contributed by atoms with van der Waals surface area (Å²) in [6.07, 6.45) is 0. The smallest absolute Gasteiger partial charge is 0.133 e. The molecule has 0 radical (unpaired) electrons. The van der Waals surface area contributed by atoms with Crippen LogP contribution in [0.1, 0.15) is 43.0 Å². The number of rotatable bonds is 2. The van der Waals surface area contributed by atoms with E-state index in [-0.39, 0.29) is 11.2 Å². The Morgan fingerprint density at radius 3 is 1.82 bits per heavy atom. The number of hydrogen-bond acceptors (Lipinski definition) is 3. The van der Waals surface area contributed by atoms with Gasteiger partial charge in [0.1, 0.15) is 11.5 Å². The maximum atomic E-state index is 10.6. The molecule has 22 heavy (non-hydrogen) atoms. The van der Waals surface area contributed by atoms with Crippen LogP contribution in [0.25, 0.3) is 0 Å². The fraction of sp³-hybridized carbons (Fsp3) is 0.368. The molecule has 0 aliphatic heterocycles. The van der Waals surface area contributed by atoms with E-state index in [1.54, 1.807) is 0 Å². The van der Waals surface area contributed by atoms with E-state index in [1.807, 2.05) is 45.0 Å². The standard InChI is InChI=1S/C19H24O2S/c1-11-7-13(3)17(20)15(9-11)22-16-10-12(2)8-14(18(16)21)19(4,5)6/h7-10,20-21H,1-6H3. The van der Waals surface area contributed by atoms with Crippen molar-refractivity contribution in [2.45, 2.75) is 56.7 Å². The van der Waals surface area contributed by atoms with Crippen LogP contribution < -0.4 is 0 Å². The zero-order valence-electron chi connectivity index (χ0n) is 14.1. The summed E-state index contributed by atoms with van der Waals surface area (Å²) in [6, 6.07) is 7.90. The fourth-order valence-electron chi connectivity index (χ4n) is 2.51. The van der Waals surface area contributed by atoms with Gasteiger partial charge in [-0.05, 0) is 55.0 Å². The molecule has 0 aliphatic rings. The fourth-order valence-corrected chi connectivity index (χ4v) is 3.70. The van der Waals surface area contributed by atoms with E-state index < -0.39 is 0 Å². The van der Waals surface area contributed by atoms with Crippen molar-refractivity contribution in [2.75, 3.05) is 0 Å². The van der Waals surface area contributed by atoms with Crippen molar-refractivity contribution in [1.29, 1.82) is 0 Å². The summed E-state index contributed by atoms with van der Waals surface area (Å²) in [5.41, 5.74) is 3.86. The highest BCUT2D eigenvalue weighted by atomic mass is 32.2. The second-order valence-corrected chi connectivity index (χ2v) is 8.02. The molecule has 2 aromatic carbocycles. The average Bonchev–Trinajstić information content (AvgIpc) is 2.37. The molecule has 0 bridgehead atoms. The number of aromatic hydroxyl groups is 2. The number of aryl methyl sites for hydroxylation is 3. The summed E-state index contributed by atoms with van der Waals surface area (Å²) < 4.78 is 0. The molecule has 2 nitrogen and oxygen atoms in total. The summed E-state index contributed by atoms with van der Waals surface area (Å²) in [4.78, 5) is 1.56. The molecule has 118 valence electrons. The lowest BCUT2D eigenvalue weighted by atomic mass is 9.85. The van der Waals surface area contributed by atoms with Gasteiger partial charge < -0.3 is 10.2 Å². The van der Waals surface area contributed by atoms with Gasteiger partial charge in [-0.2, -0.15) is 0 Å². The lowest BCUT2D eigenvalue weighted by Crippen LogP contribution is -2.12. The molecule has 0 atom stereocenters. The number of hydrogen-bond donors (Lipinski definition) is 2. The van der Waals surface area contributed by atoms with Gasteiger partial charge in [0.15, 0.2) is 0 Å². The van der Waals surface area contributed by atoms with Gasteiger partial charge in [-0.3, -0.25) is 0 Å². The van der Waals surface area contributed by atoms with Crippen molar-refractivity contribution in [3.05, 3.63) is 46.5 Å². The molecular formula is C19H24O2S. The van der Waals surface area contributed by atoms with Crippen LogP contribution in [-0.4, -0.2) is 10.2 Å². The molecule has 0 saturated heterocycles. The molecule has 0 unspecified atom stereocenters. The first kappa shape index (κ1) is 16.8. The Labute approximate surface area is 137 Å². The normalized spacial score (nSPS) is 11.7. The van der Waals surface area contributed by atoms with Crippen molar-refractivity contribution in [3.63, 3.8) is 0 Å². The Kier molecular flexibility index (Phi) is 4.48. The van der Waals surface area contributed by atoms with Crippen LogP contribution in [0, 0.1) is 20.8 Å². The summed E-state index contributed by atoms with van der Waals surface area (Å²) in [5.74, 6) is 0.593. The quantitative estimate of drug-likeness (QED) is 0.771. The zero-order valence-corrected chi connectivity index (χ0v) is 14.9. The van der Waals surface area contributed by atoms with Gasteiger partial charge in [-0.25, -0.2) is 0 Å². The van der Waals surface area contributed by atoms with Crippen molar-refractivity contribution >= 4 is 11.8 Å². The van der Waals surface area contributed by atoms with Crippen LogP contribution in [0.3, 0.4) is 0 Å². The van der Waals surface area contributed by atoms with Crippen LogP contribution in [0.15, 0.2) is 34.1 Å². The van der Waals surface area contributed by atoms with Gasteiger partial charge in [0.05, 0.1) is 9.79 Å². The van der Waals surface area contributed by atoms with E-state index in [9.17, 15) is 10.2 Å². The number of phenolic OH excluding ortho intramolecular Hbond substituents is 2. The second kappa shape index (κ2) is 5.88. The van der Waals surface area contributed by atoms with Crippen molar-refractivity contribution in [2.24, 2.45) is 0 Å². The van der Waals surface area contributed by atoms with Gasteiger partial charge in [-0.15, -0.1) is 0 Å². The maximum absolute atomic E-state index is 10.6. The van der Waals surface area contributed by atoms with E-state index in [0.717, 1.165) is 32.0 Å². The molecule has 0 saturated carbocycles. The topological polar surface area (TPSA) is 40.5 Å². The monoisotopic (exact) mass is 316 g/mol. The van der Waals surface area contributed by atoms with E-state index in [2.05, 4.69) is 20.8 Å². The predicted molar refractivity (Wildman–Crippen MR) is 93.2 cm³/mol. The van der Waals surface area contributed by atoms with Crippen molar-refractivity contribution in [1.82, 2.24) is 0 Å². The Hall–Kier alpha value is -1.61. The minimum absolute atomic E-state index is 0.129. The van der Waals surface area contributed by atoms with Crippen LogP contribution >= 0.6 is 11.8 Å². The van der Waals surface area contributed by atoms with Gasteiger partial charge in [-0.1, -0.05) is 44.7 Å². The lowest BCUT2D eigenvalue weighted by Gasteiger charge is -2.23. The third-order valence-electron chi connectivity index (χ3n) is 3.66. The highest BCUT2D eigenvalue weighted by Gasteiger charge is 2.21. The molecule has 0 spiro atoms. The second-order valence-electron chi connectivity index (χ2n) is 6.94. The molecule has 0 amide bonds. The largest absolute Gasteiger partial charge is 0.506 e. The minimum Gasteiger partial charge on any atom is -0.506 e. The molecule has 3 heteroatoms. The molecular weight excluding hydrogens is 292 g/mol. The Morgan fingerprint density at radius 2 is 1.27 bits per heavy atom. The molecule has 0 heterocycles. The summed E-state index contributed by atoms with van der Waals surface area (Å²) in [5, 5.41) is 20.9. The van der Waals surface area contributed by atoms with Gasteiger partial charge in [0.2, 0.25) is 0 Å². The summed E-state index contributed by atoms with van der Waals surface area (Å²) in [7, 11) is 0. The average molecular weight is 316 g/mol. The first-order chi connectivity index (χ1) is 10.1. The number of benzene rings is 2. The third-order valence-corrected chi connectivity index (χ3v) is 4.72. The SMILES string of the molecule is Cc1cc(C)c(O)c(Sc2cc(C)cc(C(C)(C)C)c2O)c1. The molecule has 0 aliphatic carbocycles. The first-order valence-corrected chi connectivity index (χ1v) is 8.23. The van der Waals surface area contributed by atoms with Crippen LogP contribution in [0.5, 0.6) is 11.5 Å². The minimum atomic E-state index is -0.129. The summed E-state index contributed by atoms with van der Waals surface area (Å²) in [6.45, 7) is 12.2. The predicted octanol–water partition coefficient (Wildman–Crippen LogP) is 5.47. The van der Waals surface area contributed by atoms with Crippen LogP contribution in [0.2, 0.25) is 0 Å². The highest BCUT2D eigenvalue weighted by Crippen LogP contribution is 2.44. The van der Waals surface area contributed by atoms with Gasteiger partial charge >= 0.3 is 0 Å². The Morgan fingerprint density at radius 1 is 0.773 bits per heavy atom. The molecule has 2 aromatic rings. The zero-order chi connectivity index (χ0) is 16.7. The molecule has 2 rings (SSSR count). The first-order valence-electron chi connectivity index (χ1n) is 7.41. The molecule has 0 aromatic heterocycles. The third kappa shape index (κ3) is 3.41. The Bertz CT molecular complexity index is 712. The summed E-state index contributed by atoms with van der Waals surface area (Å²) >= 11 is 1.41. The molecule has 0 fully saturated rings. The van der Waals surface area contributed by atoms with Crippen LogP contribution in [0.4, 0.5) is 0 Å². The lowest BCUT2D eigenvalue weighted by molar-refractivity contribution is 0.434. The van der Waals surface area contributed by atoms with Crippen LogP contribution in [-0.2, 0) is 5.41 Å². The van der Waals surface area contributed by atoms with Crippen molar-refractivity contribution in [3.8, 4) is 11.5 Å². The van der Waals surface area contributed by atoms with E-state index in [0.29, 0.717) is 5.75 Å². The van der Waals surface area contributed by atoms with Gasteiger partial charge in [0.25, 0.3) is 0 Å². The Balaban J connectivity index is 2.54. The maximum Gasteiger partial charge on any atom is 0.133 e. The molecule has 2 N–H and O–H groups in total. The number of phenols is 2. The van der Waals surface area contributed by atoms with E-state index in [4.69, 9.17) is 0 Å². The van der Waals surface area contributed by atoms with Crippen molar-refractivity contribution < 1.29 is 10.2 Å².